The normalized spacial score (nSPS) is 2.00. The van der Waals surface area contributed by atoms with Gasteiger partial charge in [0.05, 0.1) is 0 Å². The van der Waals surface area contributed by atoms with Crippen molar-refractivity contribution in [2.45, 2.75) is 0 Å². The molecule has 0 atom stereocenters. The molecule has 3 heteroatoms. The monoisotopic (exact) mass is 120 g/mol. The summed E-state index contributed by atoms with van der Waals surface area (Å²) >= 11 is 0. The quantitative estimate of drug-likeness (QED) is 0.409. The van der Waals surface area contributed by atoms with Crippen LogP contribution in [0.5, 0.6) is 0 Å². The molecule has 0 saturated carbocycles. The van der Waals surface area contributed by atoms with Gasteiger partial charge >= 0.3 is 16.8 Å². The molecule has 0 bridgehead atoms. The zero-order valence-corrected chi connectivity index (χ0v) is 3.87. The van der Waals surface area contributed by atoms with Crippen molar-refractivity contribution in [3.63, 3.8) is 0 Å². The third-order valence-corrected chi connectivity index (χ3v) is 0. The van der Waals surface area contributed by atoms with Crippen molar-refractivity contribution in [2.75, 3.05) is 0 Å². The fraction of sp³-hybridized carbons (Fsp3) is 0. The Bertz CT molecular complexity index is 29.0. The summed E-state index contributed by atoms with van der Waals surface area (Å²) in [5, 5.41) is 0. The van der Waals surface area contributed by atoms with Gasteiger partial charge in [-0.25, -0.2) is 4.79 Å². The molecule has 4 heavy (non-hydrogen) atoms. The van der Waals surface area contributed by atoms with Gasteiger partial charge in [-0.3, -0.25) is 0 Å². The third kappa shape index (κ3) is 30.7. The second-order valence-electron chi connectivity index (χ2n) is 0.102. The Balaban J connectivity index is 0. The van der Waals surface area contributed by atoms with Crippen molar-refractivity contribution in [1.82, 2.24) is 0 Å². The molecule has 0 aromatic carbocycles. The molecule has 0 amide bonds. The van der Waals surface area contributed by atoms with Crippen LogP contribution in [0.3, 0.4) is 0 Å². The van der Waals surface area contributed by atoms with E-state index in [1.807, 2.05) is 0 Å². The van der Waals surface area contributed by atoms with Gasteiger partial charge in [-0.2, -0.15) is 0 Å². The predicted octanol–water partition coefficient (Wildman–Crippen LogP) is -0.0738. The van der Waals surface area contributed by atoms with Crippen LogP contribution in [-0.4, -0.2) is 5.66 Å². The van der Waals surface area contributed by atoms with Gasteiger partial charge in [0.2, 0.25) is 0 Å². The van der Waals surface area contributed by atoms with E-state index in [-0.39, 0.29) is 16.8 Å². The molecule has 1 radical (unpaired) electrons. The molecule has 0 aliphatic carbocycles. The molecule has 1 nitrogen and oxygen atoms in total. The second-order valence-corrected chi connectivity index (χ2v) is 0.306. The third-order valence-electron chi connectivity index (χ3n) is 0. The molecule has 0 heterocycles. The van der Waals surface area contributed by atoms with Crippen LogP contribution in [0.25, 0.3) is 0 Å². The van der Waals surface area contributed by atoms with E-state index in [0.29, 0.717) is 0 Å². The van der Waals surface area contributed by atoms with Gasteiger partial charge in [0.15, 0.2) is 0 Å². The Hall–Kier alpha value is 0.386. The first-order valence-corrected chi connectivity index (χ1v) is 0.954. The molecule has 0 rings (SSSR count). The molecule has 0 aliphatic heterocycles. The summed E-state index contributed by atoms with van der Waals surface area (Å²) in [5.41, 5.74) is 1.31. The van der Waals surface area contributed by atoms with Crippen LogP contribution < -0.4 is 0 Å². The van der Waals surface area contributed by atoms with E-state index in [1.54, 1.807) is 0 Å². The van der Waals surface area contributed by atoms with Gasteiger partial charge in [-0.1, -0.05) is 0 Å². The van der Waals surface area contributed by atoms with E-state index in [2.05, 4.69) is 8.86 Å². The van der Waals surface area contributed by atoms with Crippen LogP contribution in [0, 0.1) is 0 Å². The zero-order chi connectivity index (χ0) is 2.71. The Morgan fingerprint density at radius 3 is 1.75 bits per heavy atom. The topological polar surface area (TPSA) is 17.1 Å². The first kappa shape index (κ1) is 8.83. The molecule has 0 fully saturated rings. The van der Waals surface area contributed by atoms with Gasteiger partial charge in [0.25, 0.3) is 0 Å². The summed E-state index contributed by atoms with van der Waals surface area (Å²) in [6.07, 6.45) is 0. The number of carbonyl (C=O) groups excluding carboxylic acids is 1. The van der Waals surface area contributed by atoms with E-state index >= 15 is 0 Å². The maximum atomic E-state index is 8.59. The Labute approximate surface area is 36.8 Å². The number of hydrogen-bond donors (Lipinski definition) is 0. The van der Waals surface area contributed by atoms with Crippen LogP contribution in [0.1, 0.15) is 0 Å². The van der Waals surface area contributed by atoms with Crippen molar-refractivity contribution in [1.29, 1.82) is 0 Å². The first-order chi connectivity index (χ1) is 1.41. The number of hydrogen-bond acceptors (Lipinski definition) is 1. The molecule has 26 valence electrons. The Morgan fingerprint density at radius 1 is 1.75 bits per heavy atom. The first-order valence-electron chi connectivity index (χ1n) is 0.454. The maximum absolute atomic E-state index is 8.59. The van der Waals surface area contributed by atoms with Gasteiger partial charge in [0.1, 0.15) is 5.66 Å². The van der Waals surface area contributed by atoms with E-state index < -0.39 is 0 Å². The molecular formula is CH2CoOP. The Kier molecular flexibility index (Phi) is 22.2. The summed E-state index contributed by atoms with van der Waals surface area (Å²) in [7, 11) is 2.38. The average Bonchev–Trinajstić information content (AvgIpc) is 0.918. The standard InChI is InChI=1S/CHOP.Co.H/c2-1-3;;/h3H;;. The summed E-state index contributed by atoms with van der Waals surface area (Å²) in [5.74, 6) is 0. The minimum atomic E-state index is 0. The van der Waals surface area contributed by atoms with Crippen LogP contribution in [0.2, 0.25) is 0 Å². The molecule has 0 aromatic rings. The summed E-state index contributed by atoms with van der Waals surface area (Å²) < 4.78 is 0. The van der Waals surface area contributed by atoms with Crippen molar-refractivity contribution in [3.05, 3.63) is 0 Å². The van der Waals surface area contributed by atoms with Gasteiger partial charge in [-0.05, 0) is 8.86 Å². The van der Waals surface area contributed by atoms with E-state index in [1.165, 1.54) is 5.66 Å². The molecule has 0 N–H and O–H groups in total. The molecular weight excluding hydrogens is 118 g/mol. The van der Waals surface area contributed by atoms with E-state index in [9.17, 15) is 0 Å². The summed E-state index contributed by atoms with van der Waals surface area (Å²) in [4.78, 5) is 8.59. The van der Waals surface area contributed by atoms with Crippen LogP contribution in [-0.2, 0) is 21.6 Å². The molecule has 0 spiro atoms. The van der Waals surface area contributed by atoms with E-state index in [4.69, 9.17) is 4.79 Å². The molecule has 0 saturated heterocycles. The zero-order valence-electron chi connectivity index (χ0n) is 1.76. The van der Waals surface area contributed by atoms with Crippen molar-refractivity contribution >= 4 is 14.5 Å². The second kappa shape index (κ2) is 10.0. The van der Waals surface area contributed by atoms with Crippen molar-refractivity contribution in [3.8, 4) is 0 Å². The molecule has 0 aliphatic rings. The molecule has 0 aromatic heterocycles. The van der Waals surface area contributed by atoms with Gasteiger partial charge < -0.3 is 0 Å². The fourth-order valence-corrected chi connectivity index (χ4v) is 0. The average molecular weight is 120 g/mol. The van der Waals surface area contributed by atoms with Gasteiger partial charge in [0, 0.05) is 0 Å². The fourth-order valence-electron chi connectivity index (χ4n) is 0. The Morgan fingerprint density at radius 2 is 1.75 bits per heavy atom. The number of rotatable bonds is 0. The van der Waals surface area contributed by atoms with Crippen molar-refractivity contribution in [2.24, 2.45) is 0 Å². The van der Waals surface area contributed by atoms with Crippen LogP contribution >= 0.6 is 8.86 Å². The summed E-state index contributed by atoms with van der Waals surface area (Å²) in [6.45, 7) is 0. The predicted molar refractivity (Wildman–Crippen MR) is 15.4 cm³/mol. The van der Waals surface area contributed by atoms with Gasteiger partial charge in [-0.15, -0.1) is 0 Å². The summed E-state index contributed by atoms with van der Waals surface area (Å²) in [6, 6.07) is 0. The molecule has 0 unspecified atom stereocenters. The van der Waals surface area contributed by atoms with Crippen molar-refractivity contribution < 1.29 is 21.6 Å². The minimum absolute atomic E-state index is 0. The van der Waals surface area contributed by atoms with Crippen LogP contribution in [0.15, 0.2) is 0 Å². The van der Waals surface area contributed by atoms with Crippen LogP contribution in [0.4, 0.5) is 0 Å². The van der Waals surface area contributed by atoms with E-state index in [0.717, 1.165) is 0 Å². The SMILES string of the molecule is O=C=P.[CoH].